The number of carbonyl (C=O) groups is 1. The van der Waals surface area contributed by atoms with Gasteiger partial charge in [-0.25, -0.2) is 4.98 Å². The number of benzene rings is 1. The normalized spacial score (nSPS) is 22.4. The maximum absolute atomic E-state index is 12.9. The van der Waals surface area contributed by atoms with Crippen LogP contribution in [-0.4, -0.2) is 59.0 Å². The van der Waals surface area contributed by atoms with E-state index < -0.39 is 11.7 Å². The van der Waals surface area contributed by atoms with Gasteiger partial charge in [-0.05, 0) is 24.3 Å². The summed E-state index contributed by atoms with van der Waals surface area (Å²) in [6.45, 7) is 2.31. The summed E-state index contributed by atoms with van der Waals surface area (Å²) in [5.74, 6) is 0.121. The number of hydrogen-bond donors (Lipinski definition) is 0. The highest BCUT2D eigenvalue weighted by Gasteiger charge is 2.39. The van der Waals surface area contributed by atoms with Crippen molar-refractivity contribution in [3.05, 3.63) is 58.7 Å². The molecule has 2 aromatic rings. The summed E-state index contributed by atoms with van der Waals surface area (Å²) in [6, 6.07) is 8.11. The second kappa shape index (κ2) is 7.84. The number of piperazine rings is 1. The minimum Gasteiger partial charge on any atom is -0.473 e. The molecule has 9 heteroatoms. The van der Waals surface area contributed by atoms with Crippen LogP contribution < -0.4 is 4.74 Å². The zero-order valence-corrected chi connectivity index (χ0v) is 16.2. The summed E-state index contributed by atoms with van der Waals surface area (Å²) in [5, 5.41) is 0.532. The average molecular weight is 426 g/mol. The smallest absolute Gasteiger partial charge is 0.416 e. The number of alkyl halides is 3. The van der Waals surface area contributed by atoms with Gasteiger partial charge in [-0.3, -0.25) is 9.69 Å². The third kappa shape index (κ3) is 4.48. The zero-order valence-electron chi connectivity index (χ0n) is 15.4. The second-order valence-corrected chi connectivity index (χ2v) is 7.71. The Hall–Kier alpha value is -2.32. The van der Waals surface area contributed by atoms with E-state index in [-0.39, 0.29) is 23.6 Å². The van der Waals surface area contributed by atoms with Crippen LogP contribution in [0.15, 0.2) is 42.6 Å². The molecular formula is C20H19ClF3N3O2. The number of aromatic nitrogens is 1. The van der Waals surface area contributed by atoms with E-state index in [1.165, 1.54) is 18.3 Å². The van der Waals surface area contributed by atoms with Gasteiger partial charge in [-0.15, -0.1) is 0 Å². The van der Waals surface area contributed by atoms with Crippen LogP contribution in [0.1, 0.15) is 22.3 Å². The molecule has 2 aliphatic heterocycles. The van der Waals surface area contributed by atoms with Gasteiger partial charge in [-0.2, -0.15) is 13.2 Å². The molecule has 154 valence electrons. The van der Waals surface area contributed by atoms with Gasteiger partial charge in [0.05, 0.1) is 10.6 Å². The molecule has 1 aromatic heterocycles. The Morgan fingerprint density at radius 3 is 2.72 bits per heavy atom. The zero-order chi connectivity index (χ0) is 20.6. The largest absolute Gasteiger partial charge is 0.473 e. The summed E-state index contributed by atoms with van der Waals surface area (Å²) in [5.41, 5.74) is -0.754. The number of nitrogens with zero attached hydrogens (tertiary/aromatic N) is 3. The maximum Gasteiger partial charge on any atom is 0.416 e. The molecule has 1 amide bonds. The molecule has 1 aromatic carbocycles. The molecule has 29 heavy (non-hydrogen) atoms. The Morgan fingerprint density at radius 1 is 1.17 bits per heavy atom. The van der Waals surface area contributed by atoms with Crippen molar-refractivity contribution >= 4 is 17.5 Å². The fourth-order valence-electron chi connectivity index (χ4n) is 3.88. The van der Waals surface area contributed by atoms with Crippen LogP contribution in [0.4, 0.5) is 13.2 Å². The molecule has 5 nitrogen and oxygen atoms in total. The van der Waals surface area contributed by atoms with Crippen LogP contribution >= 0.6 is 11.6 Å². The first kappa shape index (κ1) is 20.0. The molecular weight excluding hydrogens is 407 g/mol. The first-order valence-electron chi connectivity index (χ1n) is 9.28. The third-order valence-electron chi connectivity index (χ3n) is 5.29. The minimum atomic E-state index is -4.47. The lowest BCUT2D eigenvalue weighted by atomic mass is 10.1. The van der Waals surface area contributed by atoms with E-state index in [1.54, 1.807) is 17.0 Å². The first-order valence-corrected chi connectivity index (χ1v) is 9.66. The van der Waals surface area contributed by atoms with E-state index in [2.05, 4.69) is 9.88 Å². The summed E-state index contributed by atoms with van der Waals surface area (Å²) in [4.78, 5) is 20.8. The van der Waals surface area contributed by atoms with Gasteiger partial charge >= 0.3 is 6.18 Å². The van der Waals surface area contributed by atoms with Gasteiger partial charge in [0.15, 0.2) is 0 Å². The molecule has 0 saturated carbocycles. The standard InChI is InChI=1S/C20H19ClF3N3O2/c21-15-4-5-18(25-10-15)29-17-9-16-11-27(7-6-26(16)12-17)19(28)13-2-1-3-14(8-13)20(22,23)24/h1-5,8,10,16-17H,6-7,9,11-12H2/t16-,17+/m0/s1. The van der Waals surface area contributed by atoms with Crippen molar-refractivity contribution in [2.24, 2.45) is 0 Å². The number of halogens is 4. The SMILES string of the molecule is O=C(c1cccc(C(F)(F)F)c1)N1CCN2C[C@H](Oc3ccc(Cl)cn3)C[C@H]2C1. The van der Waals surface area contributed by atoms with Gasteiger partial charge in [0.25, 0.3) is 5.91 Å². The number of rotatable bonds is 3. The van der Waals surface area contributed by atoms with Crippen LogP contribution in [-0.2, 0) is 6.18 Å². The number of amides is 1. The van der Waals surface area contributed by atoms with Crippen LogP contribution in [0.5, 0.6) is 5.88 Å². The molecule has 0 spiro atoms. The van der Waals surface area contributed by atoms with Gasteiger partial charge in [0.2, 0.25) is 5.88 Å². The highest BCUT2D eigenvalue weighted by molar-refractivity contribution is 6.30. The van der Waals surface area contributed by atoms with E-state index >= 15 is 0 Å². The van der Waals surface area contributed by atoms with Crippen molar-refractivity contribution in [3.8, 4) is 5.88 Å². The predicted molar refractivity (Wildman–Crippen MR) is 101 cm³/mol. The van der Waals surface area contributed by atoms with E-state index in [0.717, 1.165) is 25.1 Å². The molecule has 0 radical (unpaired) electrons. The molecule has 2 aliphatic rings. The summed E-state index contributed by atoms with van der Waals surface area (Å²) in [7, 11) is 0. The van der Waals surface area contributed by atoms with Crippen molar-refractivity contribution in [1.82, 2.24) is 14.8 Å². The Kier molecular flexibility index (Phi) is 5.40. The van der Waals surface area contributed by atoms with Gasteiger partial charge < -0.3 is 9.64 Å². The summed E-state index contributed by atoms with van der Waals surface area (Å²) in [6.07, 6.45) is -2.29. The van der Waals surface area contributed by atoms with E-state index in [1.807, 2.05) is 0 Å². The highest BCUT2D eigenvalue weighted by Crippen LogP contribution is 2.30. The molecule has 4 rings (SSSR count). The van der Waals surface area contributed by atoms with Crippen molar-refractivity contribution in [3.63, 3.8) is 0 Å². The van der Waals surface area contributed by atoms with Gasteiger partial charge in [0, 0.05) is 56.5 Å². The van der Waals surface area contributed by atoms with Gasteiger partial charge in [0.1, 0.15) is 6.10 Å². The third-order valence-corrected chi connectivity index (χ3v) is 5.51. The maximum atomic E-state index is 12.9. The predicted octanol–water partition coefficient (Wildman–Crippen LogP) is 3.73. The lowest BCUT2D eigenvalue weighted by Crippen LogP contribution is -2.52. The topological polar surface area (TPSA) is 45.7 Å². The summed E-state index contributed by atoms with van der Waals surface area (Å²) >= 11 is 5.83. The highest BCUT2D eigenvalue weighted by atomic mass is 35.5. The number of ether oxygens (including phenoxy) is 1. The molecule has 0 bridgehead atoms. The Bertz CT molecular complexity index is 891. The van der Waals surface area contributed by atoms with Gasteiger partial charge in [-0.1, -0.05) is 17.7 Å². The van der Waals surface area contributed by atoms with E-state index in [4.69, 9.17) is 16.3 Å². The van der Waals surface area contributed by atoms with E-state index in [9.17, 15) is 18.0 Å². The molecule has 2 fully saturated rings. The fraction of sp³-hybridized carbons (Fsp3) is 0.400. The molecule has 2 saturated heterocycles. The molecule has 3 heterocycles. The van der Waals surface area contributed by atoms with Crippen molar-refractivity contribution < 1.29 is 22.7 Å². The summed E-state index contributed by atoms with van der Waals surface area (Å²) < 4.78 is 44.7. The number of hydrogen-bond acceptors (Lipinski definition) is 4. The fourth-order valence-corrected chi connectivity index (χ4v) is 3.99. The molecule has 0 aliphatic carbocycles. The van der Waals surface area contributed by atoms with Crippen LogP contribution in [0, 0.1) is 0 Å². The number of fused-ring (bicyclic) bond motifs is 1. The number of carbonyl (C=O) groups excluding carboxylic acids is 1. The van der Waals surface area contributed by atoms with Crippen LogP contribution in [0.2, 0.25) is 5.02 Å². The molecule has 0 N–H and O–H groups in total. The molecule has 0 unspecified atom stereocenters. The van der Waals surface area contributed by atoms with Crippen LogP contribution in [0.3, 0.4) is 0 Å². The Morgan fingerprint density at radius 2 is 2.00 bits per heavy atom. The lowest BCUT2D eigenvalue weighted by molar-refractivity contribution is -0.137. The van der Waals surface area contributed by atoms with E-state index in [0.29, 0.717) is 30.5 Å². The lowest BCUT2D eigenvalue weighted by Gasteiger charge is -2.37. The van der Waals surface area contributed by atoms with Crippen LogP contribution in [0.25, 0.3) is 0 Å². The first-order chi connectivity index (χ1) is 13.8. The minimum absolute atomic E-state index is 0.0581. The van der Waals surface area contributed by atoms with Crippen molar-refractivity contribution in [1.29, 1.82) is 0 Å². The Balaban J connectivity index is 1.39. The quantitative estimate of drug-likeness (QED) is 0.751. The Labute approximate surface area is 171 Å². The second-order valence-electron chi connectivity index (χ2n) is 7.27. The number of pyridine rings is 1. The van der Waals surface area contributed by atoms with Crippen molar-refractivity contribution in [2.45, 2.75) is 24.7 Å². The monoisotopic (exact) mass is 425 g/mol. The van der Waals surface area contributed by atoms with Crippen molar-refractivity contribution in [2.75, 3.05) is 26.2 Å². The average Bonchev–Trinajstić information content (AvgIpc) is 3.10. The molecule has 2 atom stereocenters.